The molecule has 0 spiro atoms. The maximum atomic E-state index is 13.0. The van der Waals surface area contributed by atoms with Crippen molar-refractivity contribution in [3.63, 3.8) is 0 Å². The van der Waals surface area contributed by atoms with E-state index < -0.39 is 97.5 Å². The summed E-state index contributed by atoms with van der Waals surface area (Å²) in [4.78, 5) is 72.1. The summed E-state index contributed by atoms with van der Waals surface area (Å²) >= 11 is 0. The molecule has 0 saturated carbocycles. The zero-order chi connectivity index (χ0) is 61.3. The Kier molecular flexibility index (Phi) is 56.4. The van der Waals surface area contributed by atoms with Crippen LogP contribution in [0.4, 0.5) is 0 Å². The lowest BCUT2D eigenvalue weighted by atomic mass is 10.0. The molecule has 0 heterocycles. The first-order valence-electron chi connectivity index (χ1n) is 33.6. The lowest BCUT2D eigenvalue weighted by Crippen LogP contribution is -2.30. The second-order valence-corrected chi connectivity index (χ2v) is 26.5. The Bertz CT molecular complexity index is 1620. The van der Waals surface area contributed by atoms with Crippen LogP contribution < -0.4 is 0 Å². The van der Waals surface area contributed by atoms with Crippen LogP contribution in [0.25, 0.3) is 0 Å². The van der Waals surface area contributed by atoms with E-state index in [1.54, 1.807) is 0 Å². The number of carbonyl (C=O) groups excluding carboxylic acids is 4. The molecule has 19 heteroatoms. The minimum absolute atomic E-state index is 0.106. The number of esters is 4. The van der Waals surface area contributed by atoms with Gasteiger partial charge in [0, 0.05) is 25.7 Å². The van der Waals surface area contributed by atoms with Crippen LogP contribution >= 0.6 is 15.6 Å². The van der Waals surface area contributed by atoms with Crippen LogP contribution in [0.5, 0.6) is 0 Å². The lowest BCUT2D eigenvalue weighted by Gasteiger charge is -2.21. The quantitative estimate of drug-likeness (QED) is 0.0222. The summed E-state index contributed by atoms with van der Waals surface area (Å²) in [6, 6.07) is 0. The summed E-state index contributed by atoms with van der Waals surface area (Å²) < 4.78 is 67.9. The number of hydrogen-bond acceptors (Lipinski definition) is 15. The van der Waals surface area contributed by atoms with Crippen molar-refractivity contribution in [3.8, 4) is 0 Å². The van der Waals surface area contributed by atoms with E-state index in [9.17, 15) is 43.2 Å². The summed E-state index contributed by atoms with van der Waals surface area (Å²) in [6.45, 7) is 7.15. The number of phosphoric ester groups is 2. The van der Waals surface area contributed by atoms with Crippen molar-refractivity contribution in [1.29, 1.82) is 0 Å². The summed E-state index contributed by atoms with van der Waals surface area (Å²) in [6.07, 6.45) is 41.6. The van der Waals surface area contributed by atoms with E-state index in [1.165, 1.54) is 148 Å². The molecule has 0 aliphatic heterocycles. The number of phosphoric acid groups is 2. The van der Waals surface area contributed by atoms with Gasteiger partial charge in [0.2, 0.25) is 0 Å². The van der Waals surface area contributed by atoms with Crippen molar-refractivity contribution in [2.45, 2.75) is 342 Å². The summed E-state index contributed by atoms with van der Waals surface area (Å²) in [5, 5.41) is 10.5. The van der Waals surface area contributed by atoms with Gasteiger partial charge in [-0.2, -0.15) is 0 Å². The van der Waals surface area contributed by atoms with E-state index in [0.717, 1.165) is 95.8 Å². The van der Waals surface area contributed by atoms with Gasteiger partial charge in [-0.1, -0.05) is 272 Å². The SMILES string of the molecule is CCCCCCCCCCCCCCCC(=O)O[C@H](COC(=O)CCCCCCCCCCCC(C)C)COP(=O)(O)OC[C@@H](O)COP(=O)(O)OC[C@@H](COC(=O)CCCCCCCCCCC)OC(=O)CCCCCCCCCCC. The van der Waals surface area contributed by atoms with Crippen molar-refractivity contribution in [3.05, 3.63) is 0 Å². The van der Waals surface area contributed by atoms with E-state index in [-0.39, 0.29) is 25.7 Å². The Balaban J connectivity index is 5.23. The number of hydrogen-bond donors (Lipinski definition) is 3. The summed E-state index contributed by atoms with van der Waals surface area (Å²) in [5.41, 5.74) is 0. The molecular formula is C64H124O17P2. The van der Waals surface area contributed by atoms with Crippen LogP contribution in [-0.4, -0.2) is 96.7 Å². The van der Waals surface area contributed by atoms with Crippen molar-refractivity contribution < 1.29 is 80.2 Å². The number of aliphatic hydroxyl groups excluding tert-OH is 1. The molecular weight excluding hydrogens is 1100 g/mol. The largest absolute Gasteiger partial charge is 0.472 e. The van der Waals surface area contributed by atoms with Gasteiger partial charge in [-0.05, 0) is 31.6 Å². The molecule has 0 aromatic carbocycles. The normalized spacial score (nSPS) is 14.2. The fourth-order valence-corrected chi connectivity index (χ4v) is 11.2. The smallest absolute Gasteiger partial charge is 0.462 e. The Labute approximate surface area is 505 Å². The Morgan fingerprint density at radius 3 is 0.819 bits per heavy atom. The van der Waals surface area contributed by atoms with E-state index in [0.29, 0.717) is 25.7 Å². The highest BCUT2D eigenvalue weighted by molar-refractivity contribution is 7.47. The molecule has 0 aliphatic carbocycles. The monoisotopic (exact) mass is 1230 g/mol. The standard InChI is InChI=1S/C64H124O17P2/c1-6-9-12-15-18-21-22-23-24-29-35-40-45-50-64(69)81-60(54-75-62(67)48-43-38-33-30-25-28-31-36-41-46-57(4)5)56-79-83(72,73)77-52-58(65)51-76-82(70,71)78-55-59(80-63(68)49-44-39-34-27-20-17-14-11-8-3)53-74-61(66)47-42-37-32-26-19-16-13-10-7-2/h57-60,65H,6-56H2,1-5H3,(H,70,71)(H,72,73)/t58-,59+,60+/m0/s1. The second kappa shape index (κ2) is 57.8. The molecule has 492 valence electrons. The minimum Gasteiger partial charge on any atom is -0.462 e. The first kappa shape index (κ1) is 81.1. The number of carbonyl (C=O) groups is 4. The average Bonchev–Trinajstić information content (AvgIpc) is 3.45. The molecule has 0 aromatic rings. The molecule has 2 unspecified atom stereocenters. The highest BCUT2D eigenvalue weighted by Crippen LogP contribution is 2.45. The third-order valence-electron chi connectivity index (χ3n) is 14.8. The van der Waals surface area contributed by atoms with Gasteiger partial charge in [-0.3, -0.25) is 37.3 Å². The van der Waals surface area contributed by atoms with Gasteiger partial charge in [0.15, 0.2) is 12.2 Å². The van der Waals surface area contributed by atoms with Crippen molar-refractivity contribution in [2.75, 3.05) is 39.6 Å². The fourth-order valence-electron chi connectivity index (χ4n) is 9.58. The predicted octanol–water partition coefficient (Wildman–Crippen LogP) is 17.8. The number of aliphatic hydroxyl groups is 1. The van der Waals surface area contributed by atoms with Crippen LogP contribution in [0.2, 0.25) is 0 Å². The van der Waals surface area contributed by atoms with E-state index in [4.69, 9.17) is 37.0 Å². The molecule has 5 atom stereocenters. The van der Waals surface area contributed by atoms with Crippen molar-refractivity contribution in [2.24, 2.45) is 5.92 Å². The lowest BCUT2D eigenvalue weighted by molar-refractivity contribution is -0.161. The molecule has 0 fully saturated rings. The summed E-state index contributed by atoms with van der Waals surface area (Å²) in [7, 11) is -9.88. The van der Waals surface area contributed by atoms with Crippen molar-refractivity contribution in [1.82, 2.24) is 0 Å². The van der Waals surface area contributed by atoms with Crippen LogP contribution in [-0.2, 0) is 65.4 Å². The van der Waals surface area contributed by atoms with Gasteiger partial charge in [0.25, 0.3) is 0 Å². The van der Waals surface area contributed by atoms with Gasteiger partial charge in [-0.15, -0.1) is 0 Å². The van der Waals surface area contributed by atoms with Crippen LogP contribution in [0.3, 0.4) is 0 Å². The molecule has 0 aliphatic rings. The molecule has 3 N–H and O–H groups in total. The third kappa shape index (κ3) is 58.8. The van der Waals surface area contributed by atoms with Gasteiger partial charge in [0.05, 0.1) is 26.4 Å². The topological polar surface area (TPSA) is 237 Å². The highest BCUT2D eigenvalue weighted by atomic mass is 31.2. The van der Waals surface area contributed by atoms with Crippen LogP contribution in [0, 0.1) is 5.92 Å². The molecule has 17 nitrogen and oxygen atoms in total. The molecule has 0 amide bonds. The Hall–Kier alpha value is -1.94. The number of rotatable bonds is 64. The first-order chi connectivity index (χ1) is 40.0. The van der Waals surface area contributed by atoms with E-state index in [2.05, 4.69) is 34.6 Å². The summed E-state index contributed by atoms with van der Waals surface area (Å²) in [5.74, 6) is -1.39. The third-order valence-corrected chi connectivity index (χ3v) is 16.7. The van der Waals surface area contributed by atoms with Gasteiger partial charge < -0.3 is 33.8 Å². The number of unbranched alkanes of at least 4 members (excludes halogenated alkanes) is 36. The van der Waals surface area contributed by atoms with E-state index in [1.807, 2.05) is 0 Å². The molecule has 0 saturated heterocycles. The maximum Gasteiger partial charge on any atom is 0.472 e. The average molecular weight is 1230 g/mol. The first-order valence-corrected chi connectivity index (χ1v) is 36.6. The maximum absolute atomic E-state index is 13.0. The molecule has 0 aromatic heterocycles. The Morgan fingerprint density at radius 1 is 0.325 bits per heavy atom. The molecule has 83 heavy (non-hydrogen) atoms. The molecule has 0 radical (unpaired) electrons. The highest BCUT2D eigenvalue weighted by Gasteiger charge is 2.30. The van der Waals surface area contributed by atoms with E-state index >= 15 is 0 Å². The zero-order valence-electron chi connectivity index (χ0n) is 53.3. The number of ether oxygens (including phenoxy) is 4. The fraction of sp³-hybridized carbons (Fsp3) is 0.938. The van der Waals surface area contributed by atoms with Gasteiger partial charge in [-0.25, -0.2) is 9.13 Å². The van der Waals surface area contributed by atoms with Crippen LogP contribution in [0.1, 0.15) is 324 Å². The second-order valence-electron chi connectivity index (χ2n) is 23.6. The molecule has 0 bridgehead atoms. The van der Waals surface area contributed by atoms with Crippen molar-refractivity contribution >= 4 is 39.5 Å². The zero-order valence-corrected chi connectivity index (χ0v) is 55.1. The molecule has 0 rings (SSSR count). The van der Waals surface area contributed by atoms with Crippen LogP contribution in [0.15, 0.2) is 0 Å². The van der Waals surface area contributed by atoms with Gasteiger partial charge in [0.1, 0.15) is 19.3 Å². The predicted molar refractivity (Wildman–Crippen MR) is 331 cm³/mol. The minimum atomic E-state index is -4.94. The van der Waals surface area contributed by atoms with Gasteiger partial charge >= 0.3 is 39.5 Å². The Morgan fingerprint density at radius 2 is 0.554 bits per heavy atom.